The summed E-state index contributed by atoms with van der Waals surface area (Å²) in [5, 5.41) is 4.31. The molecule has 0 bridgehead atoms. The van der Waals surface area contributed by atoms with Gasteiger partial charge in [0.25, 0.3) is 0 Å². The number of anilines is 1. The smallest absolute Gasteiger partial charge is 0.142 e. The fraction of sp³-hybridized carbons (Fsp3) is 0.294. The standard InChI is InChI=1S/C17H19N3S/c1-11-10-13-14(18-4)19-16(20-15(13)21-11)17(2,3)12-8-6-5-7-9-12/h5-10H,1-4H3,(H,18,19,20). The van der Waals surface area contributed by atoms with E-state index < -0.39 is 0 Å². The fourth-order valence-electron chi connectivity index (χ4n) is 2.50. The van der Waals surface area contributed by atoms with Gasteiger partial charge in [-0.2, -0.15) is 0 Å². The van der Waals surface area contributed by atoms with E-state index in [1.165, 1.54) is 10.4 Å². The third-order valence-electron chi connectivity index (χ3n) is 3.81. The molecule has 0 aliphatic carbocycles. The summed E-state index contributed by atoms with van der Waals surface area (Å²) in [4.78, 5) is 11.9. The van der Waals surface area contributed by atoms with Crippen molar-refractivity contribution in [3.05, 3.63) is 52.7 Å². The molecule has 21 heavy (non-hydrogen) atoms. The summed E-state index contributed by atoms with van der Waals surface area (Å²) in [5.74, 6) is 1.76. The maximum atomic E-state index is 4.82. The second-order valence-electron chi connectivity index (χ2n) is 5.71. The van der Waals surface area contributed by atoms with Crippen LogP contribution >= 0.6 is 11.3 Å². The molecule has 3 nitrogen and oxygen atoms in total. The van der Waals surface area contributed by atoms with Crippen LogP contribution in [0.5, 0.6) is 0 Å². The zero-order valence-electron chi connectivity index (χ0n) is 12.8. The largest absolute Gasteiger partial charge is 0.372 e. The van der Waals surface area contributed by atoms with Crippen LogP contribution in [-0.4, -0.2) is 17.0 Å². The van der Waals surface area contributed by atoms with E-state index >= 15 is 0 Å². The van der Waals surface area contributed by atoms with Crippen molar-refractivity contribution in [1.82, 2.24) is 9.97 Å². The second-order valence-corrected chi connectivity index (χ2v) is 6.95. The number of nitrogens with zero attached hydrogens (tertiary/aromatic N) is 2. The highest BCUT2D eigenvalue weighted by Crippen LogP contribution is 2.34. The van der Waals surface area contributed by atoms with Crippen molar-refractivity contribution < 1.29 is 0 Å². The van der Waals surface area contributed by atoms with Crippen LogP contribution in [0.4, 0.5) is 5.82 Å². The van der Waals surface area contributed by atoms with Gasteiger partial charge in [-0.1, -0.05) is 30.3 Å². The highest BCUT2D eigenvalue weighted by molar-refractivity contribution is 7.18. The Morgan fingerprint density at radius 2 is 1.81 bits per heavy atom. The number of rotatable bonds is 3. The summed E-state index contributed by atoms with van der Waals surface area (Å²) in [5.41, 5.74) is 0.999. The third kappa shape index (κ3) is 2.40. The molecule has 0 saturated carbocycles. The Bertz CT molecular complexity index is 775. The molecule has 1 aromatic carbocycles. The number of hydrogen-bond acceptors (Lipinski definition) is 4. The van der Waals surface area contributed by atoms with Gasteiger partial charge in [0.05, 0.1) is 5.39 Å². The molecule has 0 radical (unpaired) electrons. The predicted octanol–water partition coefficient (Wildman–Crippen LogP) is 4.37. The van der Waals surface area contributed by atoms with E-state index in [-0.39, 0.29) is 5.41 Å². The van der Waals surface area contributed by atoms with Gasteiger partial charge >= 0.3 is 0 Å². The van der Waals surface area contributed by atoms with Gasteiger partial charge in [0.15, 0.2) is 0 Å². The van der Waals surface area contributed by atoms with Gasteiger partial charge in [-0.25, -0.2) is 9.97 Å². The molecular formula is C17H19N3S. The van der Waals surface area contributed by atoms with E-state index in [0.717, 1.165) is 21.9 Å². The molecule has 3 rings (SSSR count). The molecule has 3 aromatic rings. The molecule has 0 unspecified atom stereocenters. The normalized spacial score (nSPS) is 11.8. The molecule has 2 heterocycles. The Morgan fingerprint density at radius 3 is 2.48 bits per heavy atom. The first-order chi connectivity index (χ1) is 10.0. The highest BCUT2D eigenvalue weighted by atomic mass is 32.1. The Hall–Kier alpha value is -1.94. The van der Waals surface area contributed by atoms with Crippen LogP contribution < -0.4 is 5.32 Å². The van der Waals surface area contributed by atoms with Crippen LogP contribution in [0.15, 0.2) is 36.4 Å². The predicted molar refractivity (Wildman–Crippen MR) is 90.3 cm³/mol. The van der Waals surface area contributed by atoms with E-state index in [4.69, 9.17) is 9.97 Å². The van der Waals surface area contributed by atoms with Crippen molar-refractivity contribution in [2.45, 2.75) is 26.2 Å². The minimum atomic E-state index is -0.223. The van der Waals surface area contributed by atoms with Crippen molar-refractivity contribution >= 4 is 27.4 Å². The lowest BCUT2D eigenvalue weighted by atomic mass is 9.84. The lowest BCUT2D eigenvalue weighted by molar-refractivity contribution is 0.595. The van der Waals surface area contributed by atoms with E-state index in [0.29, 0.717) is 0 Å². The maximum Gasteiger partial charge on any atom is 0.142 e. The molecule has 0 spiro atoms. The average Bonchev–Trinajstić information content (AvgIpc) is 2.87. The van der Waals surface area contributed by atoms with Crippen LogP contribution in [0.1, 0.15) is 30.1 Å². The molecule has 108 valence electrons. The minimum Gasteiger partial charge on any atom is -0.372 e. The van der Waals surface area contributed by atoms with Gasteiger partial charge in [-0.3, -0.25) is 0 Å². The van der Waals surface area contributed by atoms with Gasteiger partial charge in [-0.15, -0.1) is 11.3 Å². The summed E-state index contributed by atoms with van der Waals surface area (Å²) in [6.07, 6.45) is 0. The van der Waals surface area contributed by atoms with Crippen molar-refractivity contribution in [3.8, 4) is 0 Å². The van der Waals surface area contributed by atoms with E-state index in [2.05, 4.69) is 56.4 Å². The van der Waals surface area contributed by atoms with E-state index in [9.17, 15) is 0 Å². The van der Waals surface area contributed by atoms with Gasteiger partial charge in [0.2, 0.25) is 0 Å². The molecule has 2 aromatic heterocycles. The topological polar surface area (TPSA) is 37.8 Å². The van der Waals surface area contributed by atoms with Gasteiger partial charge in [-0.05, 0) is 32.4 Å². The molecule has 0 fully saturated rings. The molecule has 0 aliphatic rings. The SMILES string of the molecule is CNc1nc(C(C)(C)c2ccccc2)nc2sc(C)cc12. The quantitative estimate of drug-likeness (QED) is 0.780. The first-order valence-corrected chi connectivity index (χ1v) is 7.86. The van der Waals surface area contributed by atoms with Crippen molar-refractivity contribution in [2.75, 3.05) is 12.4 Å². The van der Waals surface area contributed by atoms with E-state index in [1.54, 1.807) is 11.3 Å². The first-order valence-electron chi connectivity index (χ1n) is 7.04. The monoisotopic (exact) mass is 297 g/mol. The molecule has 4 heteroatoms. The summed E-state index contributed by atoms with van der Waals surface area (Å²) in [6, 6.07) is 12.6. The Morgan fingerprint density at radius 1 is 1.10 bits per heavy atom. The summed E-state index contributed by atoms with van der Waals surface area (Å²) >= 11 is 1.72. The molecular weight excluding hydrogens is 278 g/mol. The lowest BCUT2D eigenvalue weighted by Gasteiger charge is -2.24. The molecule has 0 saturated heterocycles. The number of aryl methyl sites for hydroxylation is 1. The fourth-order valence-corrected chi connectivity index (χ4v) is 3.38. The van der Waals surface area contributed by atoms with Gasteiger partial charge < -0.3 is 5.32 Å². The minimum absolute atomic E-state index is 0.223. The third-order valence-corrected chi connectivity index (χ3v) is 4.75. The summed E-state index contributed by atoms with van der Waals surface area (Å²) in [6.45, 7) is 6.45. The number of aromatic nitrogens is 2. The Kier molecular flexibility index (Phi) is 3.41. The van der Waals surface area contributed by atoms with E-state index in [1.807, 2.05) is 13.1 Å². The number of nitrogens with one attached hydrogen (secondary N) is 1. The molecule has 1 N–H and O–H groups in total. The lowest BCUT2D eigenvalue weighted by Crippen LogP contribution is -2.22. The molecule has 0 aliphatic heterocycles. The van der Waals surface area contributed by atoms with Crippen molar-refractivity contribution in [3.63, 3.8) is 0 Å². The zero-order valence-corrected chi connectivity index (χ0v) is 13.6. The summed E-state index contributed by atoms with van der Waals surface area (Å²) in [7, 11) is 1.91. The van der Waals surface area contributed by atoms with Crippen LogP contribution in [0.25, 0.3) is 10.2 Å². The van der Waals surface area contributed by atoms with Crippen LogP contribution in [0.2, 0.25) is 0 Å². The highest BCUT2D eigenvalue weighted by Gasteiger charge is 2.27. The number of benzene rings is 1. The number of hydrogen-bond donors (Lipinski definition) is 1. The van der Waals surface area contributed by atoms with Gasteiger partial charge in [0, 0.05) is 17.3 Å². The van der Waals surface area contributed by atoms with Crippen LogP contribution in [-0.2, 0) is 5.41 Å². The molecule has 0 amide bonds. The van der Waals surface area contributed by atoms with Crippen molar-refractivity contribution in [2.24, 2.45) is 0 Å². The van der Waals surface area contributed by atoms with Gasteiger partial charge in [0.1, 0.15) is 16.5 Å². The first kappa shape index (κ1) is 14.0. The van der Waals surface area contributed by atoms with Crippen LogP contribution in [0.3, 0.4) is 0 Å². The summed E-state index contributed by atoms with van der Waals surface area (Å²) < 4.78 is 0. The molecule has 0 atom stereocenters. The maximum absolute atomic E-state index is 4.82. The number of fused-ring (bicyclic) bond motifs is 1. The second kappa shape index (κ2) is 5.11. The Balaban J connectivity index is 2.20. The zero-order chi connectivity index (χ0) is 15.0. The van der Waals surface area contributed by atoms with Crippen molar-refractivity contribution in [1.29, 1.82) is 0 Å². The number of thiophene rings is 1. The Labute approximate surface area is 129 Å². The van der Waals surface area contributed by atoms with Crippen LogP contribution in [0, 0.1) is 6.92 Å². The average molecular weight is 297 g/mol.